The summed E-state index contributed by atoms with van der Waals surface area (Å²) in [6.45, 7) is 0.136. The van der Waals surface area contributed by atoms with Gasteiger partial charge in [0.2, 0.25) is 0 Å². The summed E-state index contributed by atoms with van der Waals surface area (Å²) in [5.74, 6) is -0.167. The number of anilines is 2. The largest absolute Gasteiger partial charge is 0.478 e. The molecule has 0 radical (unpaired) electrons. The molecule has 0 spiro atoms. The Labute approximate surface area is 157 Å². The number of pyridine rings is 1. The number of nitrogens with one attached hydrogen (secondary N) is 1. The predicted molar refractivity (Wildman–Crippen MR) is 105 cm³/mol. The maximum Gasteiger partial charge on any atom is 0.339 e. The van der Waals surface area contributed by atoms with Crippen LogP contribution >= 0.6 is 0 Å². The van der Waals surface area contributed by atoms with E-state index in [9.17, 15) is 15.0 Å². The molecule has 2 aromatic heterocycles. The van der Waals surface area contributed by atoms with Crippen molar-refractivity contribution in [3.63, 3.8) is 0 Å². The van der Waals surface area contributed by atoms with Gasteiger partial charge in [-0.15, -0.1) is 0 Å². The minimum atomic E-state index is -0.978. The second kappa shape index (κ2) is 7.04. The molecule has 0 saturated heterocycles. The second-order valence-corrected chi connectivity index (χ2v) is 7.20. The number of aromatic carboxylic acids is 1. The molecule has 0 aliphatic heterocycles. The zero-order valence-corrected chi connectivity index (χ0v) is 15.3. The lowest BCUT2D eigenvalue weighted by atomic mass is 10.0. The zero-order valence-electron chi connectivity index (χ0n) is 15.3. The highest BCUT2D eigenvalue weighted by atomic mass is 16.4. The average Bonchev–Trinajstić information content (AvgIpc) is 3.43. The highest BCUT2D eigenvalue weighted by Gasteiger charge is 2.26. The lowest BCUT2D eigenvalue weighted by Crippen LogP contribution is -2.06. The van der Waals surface area contributed by atoms with E-state index in [0.717, 1.165) is 47.0 Å². The molecule has 1 aliphatic carbocycles. The van der Waals surface area contributed by atoms with Crippen LogP contribution in [0.15, 0.2) is 36.7 Å². The summed E-state index contributed by atoms with van der Waals surface area (Å²) in [6, 6.07) is 7.79. The minimum absolute atomic E-state index is 0.136. The van der Waals surface area contributed by atoms with Crippen LogP contribution in [0.4, 0.5) is 11.5 Å². The molecule has 6 heteroatoms. The van der Waals surface area contributed by atoms with E-state index in [1.54, 1.807) is 12.3 Å². The van der Waals surface area contributed by atoms with Crippen LogP contribution in [0.2, 0.25) is 0 Å². The molecule has 0 unspecified atom stereocenters. The summed E-state index contributed by atoms with van der Waals surface area (Å²) in [6.07, 6.45) is 7.42. The number of fused-ring (bicyclic) bond motifs is 1. The van der Waals surface area contributed by atoms with Crippen molar-refractivity contribution >= 4 is 28.4 Å². The molecule has 0 amide bonds. The van der Waals surface area contributed by atoms with Gasteiger partial charge in [0, 0.05) is 37.1 Å². The van der Waals surface area contributed by atoms with Gasteiger partial charge in [-0.2, -0.15) is 0 Å². The van der Waals surface area contributed by atoms with Crippen LogP contribution in [0.3, 0.4) is 0 Å². The second-order valence-electron chi connectivity index (χ2n) is 7.20. The van der Waals surface area contributed by atoms with Gasteiger partial charge in [0.25, 0.3) is 0 Å². The number of carboxylic acid groups (broad SMARTS) is 1. The number of aryl methyl sites for hydroxylation is 2. The van der Waals surface area contributed by atoms with Gasteiger partial charge in [-0.3, -0.25) is 0 Å². The molecular formula is C21H23N3O3. The van der Waals surface area contributed by atoms with Crippen LogP contribution in [0.5, 0.6) is 0 Å². The zero-order chi connectivity index (χ0) is 19.0. The molecule has 1 fully saturated rings. The van der Waals surface area contributed by atoms with Gasteiger partial charge in [0.1, 0.15) is 11.4 Å². The van der Waals surface area contributed by atoms with E-state index in [1.807, 2.05) is 31.4 Å². The van der Waals surface area contributed by atoms with Crippen LogP contribution in [0, 0.1) is 0 Å². The Morgan fingerprint density at radius 1 is 1.33 bits per heavy atom. The molecular weight excluding hydrogens is 342 g/mol. The minimum Gasteiger partial charge on any atom is -0.478 e. The maximum atomic E-state index is 11.7. The molecule has 1 saturated carbocycles. The molecule has 0 bridgehead atoms. The number of aromatic nitrogens is 2. The first-order valence-electron chi connectivity index (χ1n) is 9.26. The fourth-order valence-corrected chi connectivity index (χ4v) is 3.60. The molecule has 4 rings (SSSR count). The Balaban J connectivity index is 1.71. The number of aliphatic hydroxyl groups is 1. The molecule has 3 aromatic rings. The summed E-state index contributed by atoms with van der Waals surface area (Å²) >= 11 is 0. The molecule has 27 heavy (non-hydrogen) atoms. The fourth-order valence-electron chi connectivity index (χ4n) is 3.60. The highest BCUT2D eigenvalue weighted by molar-refractivity contribution is 5.95. The van der Waals surface area contributed by atoms with E-state index >= 15 is 0 Å². The Bertz CT molecular complexity index is 1010. The summed E-state index contributed by atoms with van der Waals surface area (Å²) < 4.78 is 2.07. The Morgan fingerprint density at radius 3 is 2.85 bits per heavy atom. The molecule has 0 atom stereocenters. The molecule has 140 valence electrons. The van der Waals surface area contributed by atoms with E-state index in [0.29, 0.717) is 18.2 Å². The SMILES string of the molecule is Cn1ccc2cc(Nc3ncc(C4CC4)cc3C(=O)O)cc(CCCO)c21. The summed E-state index contributed by atoms with van der Waals surface area (Å²) in [5.41, 5.74) is 4.24. The van der Waals surface area contributed by atoms with Crippen molar-refractivity contribution < 1.29 is 15.0 Å². The molecule has 1 aliphatic rings. The number of nitrogens with zero attached hydrogens (tertiary/aromatic N) is 2. The number of aliphatic hydroxyl groups excluding tert-OH is 1. The van der Waals surface area contributed by atoms with Gasteiger partial charge in [0.15, 0.2) is 0 Å². The van der Waals surface area contributed by atoms with Crippen LogP contribution in [-0.2, 0) is 13.5 Å². The Kier molecular flexibility index (Phi) is 4.58. The van der Waals surface area contributed by atoms with Crippen molar-refractivity contribution in [3.05, 3.63) is 53.3 Å². The smallest absolute Gasteiger partial charge is 0.339 e. The van der Waals surface area contributed by atoms with Gasteiger partial charge in [-0.05, 0) is 67.0 Å². The third-order valence-electron chi connectivity index (χ3n) is 5.10. The van der Waals surface area contributed by atoms with Crippen molar-refractivity contribution in [1.82, 2.24) is 9.55 Å². The van der Waals surface area contributed by atoms with E-state index in [1.165, 1.54) is 0 Å². The first-order valence-corrected chi connectivity index (χ1v) is 9.26. The third-order valence-corrected chi connectivity index (χ3v) is 5.10. The summed E-state index contributed by atoms with van der Waals surface area (Å²) in [4.78, 5) is 16.1. The fraction of sp³-hybridized carbons (Fsp3) is 0.333. The number of carboxylic acids is 1. The number of hydrogen-bond acceptors (Lipinski definition) is 4. The van der Waals surface area contributed by atoms with Gasteiger partial charge < -0.3 is 20.1 Å². The monoisotopic (exact) mass is 365 g/mol. The first-order chi connectivity index (χ1) is 13.1. The van der Waals surface area contributed by atoms with Crippen LogP contribution in [-0.4, -0.2) is 32.3 Å². The number of carbonyl (C=O) groups is 1. The number of rotatable bonds is 7. The van der Waals surface area contributed by atoms with Crippen LogP contribution in [0.25, 0.3) is 10.9 Å². The van der Waals surface area contributed by atoms with Crippen molar-refractivity contribution in [1.29, 1.82) is 0 Å². The van der Waals surface area contributed by atoms with Crippen LogP contribution in [0.1, 0.15) is 46.7 Å². The van der Waals surface area contributed by atoms with Gasteiger partial charge >= 0.3 is 5.97 Å². The van der Waals surface area contributed by atoms with Gasteiger partial charge in [-0.25, -0.2) is 9.78 Å². The first kappa shape index (κ1) is 17.5. The van der Waals surface area contributed by atoms with Crippen molar-refractivity contribution in [2.24, 2.45) is 7.05 Å². The maximum absolute atomic E-state index is 11.7. The summed E-state index contributed by atoms with van der Waals surface area (Å²) in [5, 5.41) is 23.1. The lowest BCUT2D eigenvalue weighted by molar-refractivity contribution is 0.0697. The Hall–Kier alpha value is -2.86. The van der Waals surface area contributed by atoms with E-state index < -0.39 is 5.97 Å². The molecule has 1 aromatic carbocycles. The van der Waals surface area contributed by atoms with E-state index in [4.69, 9.17) is 0 Å². The number of hydrogen-bond donors (Lipinski definition) is 3. The van der Waals surface area contributed by atoms with E-state index in [2.05, 4.69) is 14.9 Å². The molecule has 2 heterocycles. The molecule has 3 N–H and O–H groups in total. The average molecular weight is 365 g/mol. The summed E-state index contributed by atoms with van der Waals surface area (Å²) in [7, 11) is 2.00. The topological polar surface area (TPSA) is 87.4 Å². The molecule has 6 nitrogen and oxygen atoms in total. The quantitative estimate of drug-likeness (QED) is 0.592. The standard InChI is InChI=1S/C21H23N3O3/c1-24-7-6-15-10-17(9-14(19(15)24)3-2-8-25)23-20-18(21(26)27)11-16(12-22-20)13-4-5-13/h6-7,9-13,25H,2-5,8H2,1H3,(H,22,23)(H,26,27). The van der Waals surface area contributed by atoms with Crippen molar-refractivity contribution in [2.75, 3.05) is 11.9 Å². The van der Waals surface area contributed by atoms with Gasteiger partial charge in [-0.1, -0.05) is 0 Å². The Morgan fingerprint density at radius 2 is 2.15 bits per heavy atom. The predicted octanol–water partition coefficient (Wildman–Crippen LogP) is 3.82. The van der Waals surface area contributed by atoms with E-state index in [-0.39, 0.29) is 12.2 Å². The van der Waals surface area contributed by atoms with Crippen LogP contribution < -0.4 is 5.32 Å². The number of benzene rings is 1. The van der Waals surface area contributed by atoms with Gasteiger partial charge in [0.05, 0.1) is 5.52 Å². The van der Waals surface area contributed by atoms with Crippen molar-refractivity contribution in [2.45, 2.75) is 31.6 Å². The normalized spacial score (nSPS) is 13.9. The lowest BCUT2D eigenvalue weighted by Gasteiger charge is -2.13. The van der Waals surface area contributed by atoms with Crippen molar-refractivity contribution in [3.8, 4) is 0 Å². The highest BCUT2D eigenvalue weighted by Crippen LogP contribution is 2.40. The third kappa shape index (κ3) is 3.53.